The molecule has 1 saturated heterocycles. The van der Waals surface area contributed by atoms with Gasteiger partial charge >= 0.3 is 0 Å². The summed E-state index contributed by atoms with van der Waals surface area (Å²) in [5, 5.41) is 20.0. The summed E-state index contributed by atoms with van der Waals surface area (Å²) in [5.41, 5.74) is 0.770. The van der Waals surface area contributed by atoms with Crippen molar-refractivity contribution in [1.29, 1.82) is 5.26 Å². The fourth-order valence-corrected chi connectivity index (χ4v) is 6.74. The number of hydrogen-bond donors (Lipinski definition) is 1. The molecule has 1 aliphatic heterocycles. The molecule has 0 spiro atoms. The van der Waals surface area contributed by atoms with Crippen molar-refractivity contribution >= 4 is 69.0 Å². The first kappa shape index (κ1) is 33.5. The number of carbonyl (C=O) groups excluding carboxylic acids is 1. The highest BCUT2D eigenvalue weighted by molar-refractivity contribution is 6.46. The van der Waals surface area contributed by atoms with Crippen LogP contribution in [-0.4, -0.2) is 56.1 Å². The van der Waals surface area contributed by atoms with Crippen molar-refractivity contribution in [2.24, 2.45) is 0 Å². The zero-order valence-corrected chi connectivity index (χ0v) is 28.2. The molecule has 0 aliphatic carbocycles. The lowest BCUT2D eigenvalue weighted by atomic mass is 10.0. The average Bonchev–Trinajstić information content (AvgIpc) is 3.02. The Bertz CT molecular complexity index is 2030. The van der Waals surface area contributed by atoms with Gasteiger partial charge in [0.05, 0.1) is 43.4 Å². The van der Waals surface area contributed by atoms with Gasteiger partial charge in [0, 0.05) is 37.3 Å². The molecule has 1 amide bonds. The van der Waals surface area contributed by atoms with Crippen molar-refractivity contribution in [3.8, 4) is 28.8 Å². The lowest BCUT2D eigenvalue weighted by molar-refractivity contribution is -0.128. The fourth-order valence-electron chi connectivity index (χ4n) is 5.81. The minimum absolute atomic E-state index is 0.0562. The topological polar surface area (TPSA) is 115 Å². The number of aromatic nitrogens is 3. The van der Waals surface area contributed by atoms with Gasteiger partial charge in [0.2, 0.25) is 5.91 Å². The number of fused-ring (bicyclic) bond motifs is 1. The van der Waals surface area contributed by atoms with Gasteiger partial charge in [-0.05, 0) is 43.5 Å². The lowest BCUT2D eigenvalue weighted by Crippen LogP contribution is -2.54. The van der Waals surface area contributed by atoms with Crippen LogP contribution in [-0.2, 0) is 4.79 Å². The van der Waals surface area contributed by atoms with Crippen LogP contribution in [0.25, 0.3) is 28.0 Å². The molecule has 1 fully saturated rings. The Hall–Kier alpha value is -3.88. The molecule has 0 radical (unpaired) electrons. The van der Waals surface area contributed by atoms with Crippen molar-refractivity contribution in [1.82, 2.24) is 19.4 Å². The number of phenols is 1. The number of phenolic OH excluding ortho intramolecular Hbond substituents is 1. The summed E-state index contributed by atoms with van der Waals surface area (Å²) in [4.78, 5) is 39.8. The Kier molecular flexibility index (Phi) is 9.26. The number of anilines is 1. The standard InChI is InChI=1S/C32H27Cl4FN6O3/c1-6-20(44)42-10-9-41(13-16(42)5)29-17-11-19(33)27(21-22(34)23(35)25(37)24(36)30(21)45)40-31(17)43(32(46)18(29)12-38)28-15(4)7-8-39-26(28)14(2)3/h6-8,11,14,16,45H,1,9-10,13H2,2-5H3/t16-/m1/s1. The number of carbonyl (C=O) groups is 1. The van der Waals surface area contributed by atoms with E-state index in [1.807, 2.05) is 25.7 Å². The molecule has 238 valence electrons. The zero-order chi connectivity index (χ0) is 33.8. The predicted octanol–water partition coefficient (Wildman–Crippen LogP) is 7.43. The van der Waals surface area contributed by atoms with Crippen LogP contribution in [0.3, 0.4) is 0 Å². The fraction of sp³-hybridized carbons (Fsp3) is 0.281. The van der Waals surface area contributed by atoms with Gasteiger partial charge in [-0.3, -0.25) is 19.1 Å². The van der Waals surface area contributed by atoms with Crippen LogP contribution in [0, 0.1) is 24.1 Å². The van der Waals surface area contributed by atoms with E-state index in [0.29, 0.717) is 28.9 Å². The monoisotopic (exact) mass is 702 g/mol. The molecular weight excluding hydrogens is 677 g/mol. The van der Waals surface area contributed by atoms with Gasteiger partial charge in [0.1, 0.15) is 28.1 Å². The van der Waals surface area contributed by atoms with Crippen LogP contribution in [0.15, 0.2) is 35.8 Å². The van der Waals surface area contributed by atoms with E-state index in [1.54, 1.807) is 24.1 Å². The molecule has 14 heteroatoms. The van der Waals surface area contributed by atoms with E-state index >= 15 is 0 Å². The lowest BCUT2D eigenvalue weighted by Gasteiger charge is -2.41. The van der Waals surface area contributed by atoms with E-state index in [9.17, 15) is 24.3 Å². The molecule has 9 nitrogen and oxygen atoms in total. The Labute approximate surface area is 284 Å². The third-order valence-corrected chi connectivity index (χ3v) is 9.46. The summed E-state index contributed by atoms with van der Waals surface area (Å²) >= 11 is 25.4. The van der Waals surface area contributed by atoms with Crippen molar-refractivity contribution < 1.29 is 14.3 Å². The van der Waals surface area contributed by atoms with Gasteiger partial charge in [0.15, 0.2) is 5.82 Å². The first-order chi connectivity index (χ1) is 21.7. The SMILES string of the molecule is C=CC(=O)N1CCN(c2c(C#N)c(=O)n(-c3c(C)ccnc3C(C)C)c3nc(-c4c(O)c(Cl)c(F)c(Cl)c4Cl)c(Cl)cc23)C[C@H]1C. The number of aromatic hydroxyl groups is 1. The van der Waals surface area contributed by atoms with Crippen molar-refractivity contribution in [2.75, 3.05) is 24.5 Å². The predicted molar refractivity (Wildman–Crippen MR) is 179 cm³/mol. The van der Waals surface area contributed by atoms with E-state index in [4.69, 9.17) is 51.4 Å². The molecule has 4 heterocycles. The Morgan fingerprint density at radius 1 is 1.20 bits per heavy atom. The van der Waals surface area contributed by atoms with Crippen molar-refractivity contribution in [3.05, 3.63) is 84.1 Å². The van der Waals surface area contributed by atoms with Crippen LogP contribution in [0.5, 0.6) is 5.75 Å². The largest absolute Gasteiger partial charge is 0.506 e. The molecule has 1 atom stereocenters. The van der Waals surface area contributed by atoms with E-state index in [1.165, 1.54) is 16.7 Å². The number of benzene rings is 1. The summed E-state index contributed by atoms with van der Waals surface area (Å²) in [6, 6.07) is 5.03. The first-order valence-corrected chi connectivity index (χ1v) is 15.6. The molecule has 0 saturated carbocycles. The van der Waals surface area contributed by atoms with Gasteiger partial charge in [-0.1, -0.05) is 66.8 Å². The van der Waals surface area contributed by atoms with Crippen LogP contribution in [0.4, 0.5) is 10.1 Å². The molecule has 1 aromatic carbocycles. The first-order valence-electron chi connectivity index (χ1n) is 14.1. The van der Waals surface area contributed by atoms with E-state index in [-0.39, 0.29) is 64.1 Å². The Balaban J connectivity index is 1.94. The number of piperazine rings is 1. The normalized spacial score (nSPS) is 15.0. The second-order valence-electron chi connectivity index (χ2n) is 11.2. The molecule has 4 aromatic rings. The number of pyridine rings is 3. The number of nitriles is 1. The maximum atomic E-state index is 14.6. The van der Waals surface area contributed by atoms with Gasteiger partial charge in [-0.25, -0.2) is 9.37 Å². The smallest absolute Gasteiger partial charge is 0.276 e. The minimum Gasteiger partial charge on any atom is -0.506 e. The van der Waals surface area contributed by atoms with Gasteiger partial charge in [-0.15, -0.1) is 0 Å². The molecular formula is C32H27Cl4FN6O3. The van der Waals surface area contributed by atoms with Crippen LogP contribution >= 0.6 is 46.4 Å². The zero-order valence-electron chi connectivity index (χ0n) is 25.1. The Morgan fingerprint density at radius 2 is 1.89 bits per heavy atom. The highest BCUT2D eigenvalue weighted by Gasteiger charge is 2.33. The summed E-state index contributed by atoms with van der Waals surface area (Å²) in [6.45, 7) is 11.9. The highest BCUT2D eigenvalue weighted by atomic mass is 35.5. The summed E-state index contributed by atoms with van der Waals surface area (Å²) in [5.74, 6) is -2.25. The highest BCUT2D eigenvalue weighted by Crippen LogP contribution is 2.49. The number of aryl methyl sites for hydroxylation is 1. The summed E-state index contributed by atoms with van der Waals surface area (Å²) in [6.07, 6.45) is 2.87. The van der Waals surface area contributed by atoms with E-state index in [2.05, 4.69) is 17.6 Å². The molecule has 1 aliphatic rings. The second kappa shape index (κ2) is 12.7. The summed E-state index contributed by atoms with van der Waals surface area (Å²) in [7, 11) is 0. The molecule has 0 unspecified atom stereocenters. The van der Waals surface area contributed by atoms with E-state index < -0.39 is 32.2 Å². The quantitative estimate of drug-likeness (QED) is 0.131. The maximum absolute atomic E-state index is 14.6. The maximum Gasteiger partial charge on any atom is 0.276 e. The number of amides is 1. The third-order valence-electron chi connectivity index (χ3n) is 7.99. The molecule has 1 N–H and O–H groups in total. The van der Waals surface area contributed by atoms with Crippen LogP contribution in [0.1, 0.15) is 43.5 Å². The second-order valence-corrected chi connectivity index (χ2v) is 12.7. The van der Waals surface area contributed by atoms with Crippen LogP contribution < -0.4 is 10.5 Å². The Morgan fingerprint density at radius 3 is 2.50 bits per heavy atom. The van der Waals surface area contributed by atoms with Gasteiger partial charge in [-0.2, -0.15) is 5.26 Å². The van der Waals surface area contributed by atoms with E-state index in [0.717, 1.165) is 0 Å². The number of halogens is 5. The van der Waals surface area contributed by atoms with Crippen LogP contribution in [0.2, 0.25) is 20.1 Å². The van der Waals surface area contributed by atoms with Crippen molar-refractivity contribution in [3.63, 3.8) is 0 Å². The molecule has 46 heavy (non-hydrogen) atoms. The number of nitrogens with zero attached hydrogens (tertiary/aromatic N) is 6. The summed E-state index contributed by atoms with van der Waals surface area (Å²) < 4.78 is 15.9. The van der Waals surface area contributed by atoms with Gasteiger partial charge < -0.3 is 14.9 Å². The van der Waals surface area contributed by atoms with Gasteiger partial charge in [0.25, 0.3) is 5.56 Å². The minimum atomic E-state index is -1.12. The molecule has 3 aromatic heterocycles. The number of rotatable bonds is 5. The number of hydrogen-bond acceptors (Lipinski definition) is 7. The average molecular weight is 704 g/mol. The van der Waals surface area contributed by atoms with Crippen molar-refractivity contribution in [2.45, 2.75) is 39.7 Å². The molecule has 0 bridgehead atoms. The third kappa shape index (κ3) is 5.35. The molecule has 5 rings (SSSR count).